The molecule has 0 bridgehead atoms. The van der Waals surface area contributed by atoms with E-state index in [9.17, 15) is 19.3 Å². The summed E-state index contributed by atoms with van der Waals surface area (Å²) in [5.41, 5.74) is 1.55. The van der Waals surface area contributed by atoms with Crippen LogP contribution in [0.15, 0.2) is 60.7 Å². The summed E-state index contributed by atoms with van der Waals surface area (Å²) in [5, 5.41) is 9.54. The van der Waals surface area contributed by atoms with Gasteiger partial charge in [0, 0.05) is 6.42 Å². The Morgan fingerprint density at radius 2 is 1.43 bits per heavy atom. The minimum Gasteiger partial charge on any atom is -0.481 e. The van der Waals surface area contributed by atoms with Gasteiger partial charge >= 0.3 is 19.5 Å². The van der Waals surface area contributed by atoms with E-state index in [1.54, 1.807) is 24.3 Å². The second-order valence-electron chi connectivity index (χ2n) is 6.51. The van der Waals surface area contributed by atoms with Crippen LogP contribution in [0, 0.1) is 5.92 Å². The minimum atomic E-state index is -3.79. The predicted molar refractivity (Wildman–Crippen MR) is 112 cm³/mol. The van der Waals surface area contributed by atoms with E-state index < -0.39 is 25.5 Å². The van der Waals surface area contributed by atoms with Gasteiger partial charge in [-0.2, -0.15) is 0 Å². The second kappa shape index (κ2) is 12.5. The number of hydrogen-bond acceptors (Lipinski definition) is 6. The van der Waals surface area contributed by atoms with Crippen molar-refractivity contribution in [3.05, 3.63) is 71.8 Å². The number of hydrogen-bond donors (Lipinski definition) is 1. The molecule has 1 unspecified atom stereocenters. The quantitative estimate of drug-likeness (QED) is 0.263. The van der Waals surface area contributed by atoms with Gasteiger partial charge in [-0.15, -0.1) is 0 Å². The van der Waals surface area contributed by atoms with Gasteiger partial charge in [0.25, 0.3) is 0 Å². The van der Waals surface area contributed by atoms with Crippen molar-refractivity contribution < 1.29 is 33.0 Å². The van der Waals surface area contributed by atoms with Crippen LogP contribution in [0.2, 0.25) is 0 Å². The fourth-order valence-corrected chi connectivity index (χ4v) is 4.60. The summed E-state index contributed by atoms with van der Waals surface area (Å²) >= 11 is 5.34. The van der Waals surface area contributed by atoms with Gasteiger partial charge in [-0.05, 0) is 17.5 Å². The van der Waals surface area contributed by atoms with Gasteiger partial charge in [0.2, 0.25) is 0 Å². The average Bonchev–Trinajstić information content (AvgIpc) is 2.75. The molecule has 162 valence electrons. The number of benzene rings is 2. The van der Waals surface area contributed by atoms with Crippen molar-refractivity contribution in [2.24, 2.45) is 5.92 Å². The van der Waals surface area contributed by atoms with E-state index in [4.69, 9.17) is 20.6 Å². The molecule has 2 aromatic rings. The van der Waals surface area contributed by atoms with Crippen LogP contribution in [0.4, 0.5) is 0 Å². The topological polar surface area (TPSA) is 99.1 Å². The number of carbonyl (C=O) groups excluding carboxylic acids is 1. The lowest BCUT2D eigenvalue weighted by molar-refractivity contribution is -0.144. The van der Waals surface area contributed by atoms with Crippen LogP contribution in [0.3, 0.4) is 0 Å². The Bertz CT molecular complexity index is 797. The molecule has 0 saturated heterocycles. The first-order valence-electron chi connectivity index (χ1n) is 9.32. The maximum absolute atomic E-state index is 13.4. The van der Waals surface area contributed by atoms with Crippen LogP contribution >= 0.6 is 19.2 Å². The zero-order chi connectivity index (χ0) is 21.8. The van der Waals surface area contributed by atoms with E-state index in [-0.39, 0.29) is 38.3 Å². The highest BCUT2D eigenvalue weighted by Gasteiger charge is 2.33. The first-order chi connectivity index (χ1) is 14.4. The summed E-state index contributed by atoms with van der Waals surface area (Å²) in [4.78, 5) is 23.2. The molecule has 30 heavy (non-hydrogen) atoms. The molecule has 0 heterocycles. The Balaban J connectivity index is 2.09. The van der Waals surface area contributed by atoms with Gasteiger partial charge in [-0.3, -0.25) is 14.2 Å². The largest absolute Gasteiger partial charge is 0.481 e. The molecule has 0 aliphatic heterocycles. The molecule has 2 rings (SSSR count). The number of carboxylic acid groups (broad SMARTS) is 1. The number of esters is 1. The van der Waals surface area contributed by atoms with Crippen LogP contribution in [0.25, 0.3) is 0 Å². The first kappa shape index (κ1) is 24.1. The van der Waals surface area contributed by atoms with E-state index in [1.807, 2.05) is 36.4 Å². The summed E-state index contributed by atoms with van der Waals surface area (Å²) in [5.74, 6) is -2.92. The Morgan fingerprint density at radius 3 is 1.87 bits per heavy atom. The van der Waals surface area contributed by atoms with E-state index in [2.05, 4.69) is 4.74 Å². The number of aliphatic carboxylic acids is 1. The van der Waals surface area contributed by atoms with Crippen molar-refractivity contribution in [2.45, 2.75) is 26.1 Å². The SMILES string of the molecule is O=C(CCC(CP(=O)(OCc1ccccc1)OCc1ccccc1)C(=O)O)OCCl. The third kappa shape index (κ3) is 8.67. The highest BCUT2D eigenvalue weighted by Crippen LogP contribution is 2.51. The Labute approximate surface area is 180 Å². The van der Waals surface area contributed by atoms with Gasteiger partial charge in [0.1, 0.15) is 0 Å². The zero-order valence-electron chi connectivity index (χ0n) is 16.3. The number of rotatable bonds is 13. The lowest BCUT2D eigenvalue weighted by Crippen LogP contribution is -2.21. The van der Waals surface area contributed by atoms with Crippen LogP contribution in [-0.4, -0.2) is 29.3 Å². The summed E-state index contributed by atoms with van der Waals surface area (Å²) in [6.07, 6.45) is -0.602. The van der Waals surface area contributed by atoms with Crippen LogP contribution in [-0.2, 0) is 41.2 Å². The molecule has 7 nitrogen and oxygen atoms in total. The van der Waals surface area contributed by atoms with Gasteiger partial charge in [-0.25, -0.2) is 0 Å². The van der Waals surface area contributed by atoms with E-state index >= 15 is 0 Å². The Kier molecular flexibility index (Phi) is 10.0. The molecular formula is C21H24ClO7P. The average molecular weight is 455 g/mol. The third-order valence-corrected chi connectivity index (χ3v) is 6.29. The normalized spacial score (nSPS) is 12.3. The maximum atomic E-state index is 13.4. The van der Waals surface area contributed by atoms with Crippen LogP contribution in [0.5, 0.6) is 0 Å². The number of alkyl halides is 1. The number of carbonyl (C=O) groups is 2. The molecule has 0 fully saturated rings. The van der Waals surface area contributed by atoms with E-state index in [0.29, 0.717) is 0 Å². The molecule has 0 radical (unpaired) electrons. The van der Waals surface area contributed by atoms with E-state index in [1.165, 1.54) is 0 Å². The van der Waals surface area contributed by atoms with Crippen LogP contribution in [0.1, 0.15) is 24.0 Å². The minimum absolute atomic E-state index is 0.00748. The molecule has 0 aliphatic carbocycles. The fourth-order valence-electron chi connectivity index (χ4n) is 2.62. The van der Waals surface area contributed by atoms with Crippen LogP contribution < -0.4 is 0 Å². The Morgan fingerprint density at radius 1 is 0.933 bits per heavy atom. The van der Waals surface area contributed by atoms with E-state index in [0.717, 1.165) is 11.1 Å². The molecule has 0 spiro atoms. The fraction of sp³-hybridized carbons (Fsp3) is 0.333. The summed E-state index contributed by atoms with van der Waals surface area (Å²) in [6, 6.07) is 17.9. The first-order valence-corrected chi connectivity index (χ1v) is 11.6. The standard InChI is InChI=1S/C21H24ClO7P/c22-16-27-20(23)12-11-19(21(24)25)15-30(26,28-13-17-7-3-1-4-8-17)29-14-18-9-5-2-6-10-18/h1-10,19H,11-16H2,(H,24,25). The van der Waals surface area contributed by atoms with Crippen molar-refractivity contribution >= 4 is 31.1 Å². The molecule has 1 atom stereocenters. The summed E-state index contributed by atoms with van der Waals surface area (Å²) in [7, 11) is -3.79. The van der Waals surface area contributed by atoms with Crippen molar-refractivity contribution in [2.75, 3.05) is 12.2 Å². The molecule has 0 saturated carbocycles. The van der Waals surface area contributed by atoms with Crippen molar-refractivity contribution in [3.63, 3.8) is 0 Å². The van der Waals surface area contributed by atoms with Gasteiger partial charge in [0.05, 0.1) is 25.3 Å². The predicted octanol–water partition coefficient (Wildman–Crippen LogP) is 4.83. The molecule has 1 N–H and O–H groups in total. The number of ether oxygens (including phenoxy) is 1. The lowest BCUT2D eigenvalue weighted by Gasteiger charge is -2.22. The van der Waals surface area contributed by atoms with Gasteiger partial charge in [0.15, 0.2) is 6.07 Å². The molecular weight excluding hydrogens is 431 g/mol. The summed E-state index contributed by atoms with van der Waals surface area (Å²) < 4.78 is 29.2. The highest BCUT2D eigenvalue weighted by atomic mass is 35.5. The molecule has 0 aromatic heterocycles. The van der Waals surface area contributed by atoms with Crippen molar-refractivity contribution in [1.82, 2.24) is 0 Å². The summed E-state index contributed by atoms with van der Waals surface area (Å²) in [6.45, 7) is 0.0150. The maximum Gasteiger partial charge on any atom is 0.332 e. The number of halogens is 1. The highest BCUT2D eigenvalue weighted by molar-refractivity contribution is 7.53. The third-order valence-electron chi connectivity index (χ3n) is 4.25. The molecule has 0 amide bonds. The van der Waals surface area contributed by atoms with Crippen molar-refractivity contribution in [1.29, 1.82) is 0 Å². The molecule has 2 aromatic carbocycles. The van der Waals surface area contributed by atoms with Gasteiger partial charge in [-0.1, -0.05) is 72.3 Å². The molecule has 9 heteroatoms. The zero-order valence-corrected chi connectivity index (χ0v) is 18.0. The smallest absolute Gasteiger partial charge is 0.332 e. The van der Waals surface area contributed by atoms with Gasteiger partial charge < -0.3 is 18.9 Å². The monoisotopic (exact) mass is 454 g/mol. The molecule has 0 aliphatic rings. The lowest BCUT2D eigenvalue weighted by atomic mass is 10.1. The van der Waals surface area contributed by atoms with Crippen molar-refractivity contribution in [3.8, 4) is 0 Å². The second-order valence-corrected chi connectivity index (χ2v) is 8.83. The number of carboxylic acids is 1. The Hall–Kier alpha value is -2.18.